The van der Waals surface area contributed by atoms with Crippen molar-refractivity contribution in [1.82, 2.24) is 9.80 Å². The first-order valence-corrected chi connectivity index (χ1v) is 13.2. The molecule has 0 aromatic heterocycles. The molecule has 2 saturated heterocycles. The molecule has 1 atom stereocenters. The van der Waals surface area contributed by atoms with Crippen molar-refractivity contribution in [3.05, 3.63) is 40.2 Å². The van der Waals surface area contributed by atoms with Crippen LogP contribution in [0.4, 0.5) is 4.39 Å². The molecule has 0 radical (unpaired) electrons. The van der Waals surface area contributed by atoms with Gasteiger partial charge < -0.3 is 14.5 Å². The topological polar surface area (TPSA) is 32.8 Å². The summed E-state index contributed by atoms with van der Waals surface area (Å²) >= 11 is 3.55. The normalized spacial score (nSPS) is 25.0. The van der Waals surface area contributed by atoms with Crippen LogP contribution in [0.5, 0.6) is 0 Å². The minimum absolute atomic E-state index is 0.0713. The number of nitrogens with zero attached hydrogens (tertiary/aromatic N) is 2. The molecule has 0 spiro atoms. The Bertz CT molecular complexity index is 804. The minimum Gasteiger partial charge on any atom is -0.460 e. The number of ether oxygens (including phenoxy) is 1. The maximum absolute atomic E-state index is 15.8. The van der Waals surface area contributed by atoms with Gasteiger partial charge in [-0.15, -0.1) is 0 Å². The van der Waals surface area contributed by atoms with Crippen LogP contribution in [0.3, 0.4) is 0 Å². The second kappa shape index (κ2) is 11.4. The van der Waals surface area contributed by atoms with Gasteiger partial charge >= 0.3 is 5.97 Å². The van der Waals surface area contributed by atoms with Crippen molar-refractivity contribution < 1.29 is 13.9 Å². The molecular formula is C27H40BrFN2O2. The van der Waals surface area contributed by atoms with Crippen LogP contribution in [0.25, 0.3) is 0 Å². The van der Waals surface area contributed by atoms with E-state index in [0.717, 1.165) is 68.5 Å². The Balaban J connectivity index is 1.44. The van der Waals surface area contributed by atoms with E-state index in [2.05, 4.69) is 55.8 Å². The summed E-state index contributed by atoms with van der Waals surface area (Å²) in [7, 11) is 0. The fourth-order valence-corrected chi connectivity index (χ4v) is 5.38. The van der Waals surface area contributed by atoms with Gasteiger partial charge in [-0.05, 0) is 103 Å². The van der Waals surface area contributed by atoms with Gasteiger partial charge in [0.05, 0.1) is 5.70 Å². The number of hydrogen-bond donors (Lipinski definition) is 0. The fourth-order valence-electron chi connectivity index (χ4n) is 5.06. The van der Waals surface area contributed by atoms with Gasteiger partial charge in [0.1, 0.15) is 11.3 Å². The maximum atomic E-state index is 15.8. The highest BCUT2D eigenvalue weighted by Gasteiger charge is 2.39. The van der Waals surface area contributed by atoms with Gasteiger partial charge in [-0.1, -0.05) is 27.7 Å². The van der Waals surface area contributed by atoms with Gasteiger partial charge in [0.15, 0.2) is 0 Å². The number of carbonyl (C=O) groups excluding carboxylic acids is 1. The summed E-state index contributed by atoms with van der Waals surface area (Å²) in [5.41, 5.74) is 2.85. The number of carbonyl (C=O) groups is 1. The molecule has 2 heterocycles. The molecule has 3 aliphatic rings. The van der Waals surface area contributed by atoms with Gasteiger partial charge in [-0.2, -0.15) is 0 Å². The highest BCUT2D eigenvalue weighted by Crippen LogP contribution is 2.35. The predicted molar refractivity (Wildman–Crippen MR) is 136 cm³/mol. The van der Waals surface area contributed by atoms with E-state index in [9.17, 15) is 4.79 Å². The molecule has 1 aliphatic carbocycles. The molecule has 33 heavy (non-hydrogen) atoms. The summed E-state index contributed by atoms with van der Waals surface area (Å²) in [5, 5.41) is 0. The number of likely N-dealkylation sites (tertiary alicyclic amines) is 2. The molecule has 0 aromatic carbocycles. The largest absolute Gasteiger partial charge is 0.460 e. The average molecular weight is 524 g/mol. The van der Waals surface area contributed by atoms with Crippen molar-refractivity contribution in [1.29, 1.82) is 0 Å². The number of piperidine rings is 2. The summed E-state index contributed by atoms with van der Waals surface area (Å²) in [6, 6.07) is 0. The van der Waals surface area contributed by atoms with Gasteiger partial charge in [0, 0.05) is 30.5 Å². The second-order valence-corrected chi connectivity index (χ2v) is 11.9. The fraction of sp³-hybridized carbons (Fsp3) is 0.704. The number of alkyl halides is 1. The lowest BCUT2D eigenvalue weighted by molar-refractivity contribution is -0.156. The van der Waals surface area contributed by atoms with Crippen molar-refractivity contribution in [3.63, 3.8) is 0 Å². The van der Waals surface area contributed by atoms with Crippen LogP contribution in [-0.2, 0) is 9.53 Å². The maximum Gasteiger partial charge on any atom is 0.306 e. The molecule has 1 unspecified atom stereocenters. The number of hydrogen-bond acceptors (Lipinski definition) is 4. The highest BCUT2D eigenvalue weighted by molar-refractivity contribution is 9.11. The first-order chi connectivity index (χ1) is 15.5. The van der Waals surface area contributed by atoms with Crippen molar-refractivity contribution >= 4 is 21.9 Å². The second-order valence-electron chi connectivity index (χ2n) is 10.9. The molecule has 0 bridgehead atoms. The molecule has 0 saturated carbocycles. The van der Waals surface area contributed by atoms with Crippen LogP contribution in [0.15, 0.2) is 40.2 Å². The lowest BCUT2D eigenvalue weighted by Crippen LogP contribution is -2.49. The van der Waals surface area contributed by atoms with E-state index in [1.165, 1.54) is 0 Å². The Morgan fingerprint density at radius 1 is 1.12 bits per heavy atom. The molecule has 2 fully saturated rings. The zero-order chi connectivity index (χ0) is 24.1. The van der Waals surface area contributed by atoms with Crippen LogP contribution in [0.1, 0.15) is 66.2 Å². The first kappa shape index (κ1) is 26.2. The standard InChI is InChI=1S/C27H40BrFN2O2/c1-26(2,3)33-25(32)19-21-11-15-30(16-12-21)20-27(4,29)22-13-17-31(18-14-22)24-8-6-5-7-23(28)9-10-24/h6-7,9-10,21-22H,5,11-20H2,1-4H3/b10-9?,23-7+. The van der Waals surface area contributed by atoms with Crippen LogP contribution >= 0.6 is 15.9 Å². The van der Waals surface area contributed by atoms with Crippen LogP contribution in [0.2, 0.25) is 0 Å². The van der Waals surface area contributed by atoms with Gasteiger partial charge in [0.2, 0.25) is 0 Å². The number of rotatable bonds is 6. The summed E-state index contributed by atoms with van der Waals surface area (Å²) in [5.74, 6) is 0.302. The average Bonchev–Trinajstić information content (AvgIpc) is 2.71. The first-order valence-electron chi connectivity index (χ1n) is 12.4. The lowest BCUT2D eigenvalue weighted by Gasteiger charge is -2.42. The van der Waals surface area contributed by atoms with E-state index in [0.29, 0.717) is 18.9 Å². The van der Waals surface area contributed by atoms with Crippen LogP contribution in [-0.4, -0.2) is 59.8 Å². The third-order valence-electron chi connectivity index (χ3n) is 6.88. The summed E-state index contributed by atoms with van der Waals surface area (Å²) in [4.78, 5) is 16.7. The molecule has 6 heteroatoms. The van der Waals surface area contributed by atoms with Crippen LogP contribution in [0, 0.1) is 11.8 Å². The minimum atomic E-state index is -1.20. The Morgan fingerprint density at radius 3 is 2.42 bits per heavy atom. The predicted octanol–water partition coefficient (Wildman–Crippen LogP) is 6.15. The van der Waals surface area contributed by atoms with E-state index in [1.807, 2.05) is 20.8 Å². The molecular weight excluding hydrogens is 483 g/mol. The number of allylic oxidation sites excluding steroid dienone is 4. The van der Waals surface area contributed by atoms with Crippen molar-refractivity contribution in [3.8, 4) is 0 Å². The number of halogens is 2. The van der Waals surface area contributed by atoms with Crippen molar-refractivity contribution in [2.75, 3.05) is 32.7 Å². The van der Waals surface area contributed by atoms with Crippen LogP contribution < -0.4 is 0 Å². The molecule has 0 aromatic rings. The highest BCUT2D eigenvalue weighted by atomic mass is 79.9. The molecule has 0 amide bonds. The monoisotopic (exact) mass is 522 g/mol. The zero-order valence-electron chi connectivity index (χ0n) is 20.7. The van der Waals surface area contributed by atoms with E-state index >= 15 is 4.39 Å². The summed E-state index contributed by atoms with van der Waals surface area (Å²) in [6.07, 6.45) is 13.2. The Labute approximate surface area is 207 Å². The summed E-state index contributed by atoms with van der Waals surface area (Å²) in [6.45, 7) is 11.4. The van der Waals surface area contributed by atoms with Crippen molar-refractivity contribution in [2.45, 2.75) is 77.5 Å². The quantitative estimate of drug-likeness (QED) is 0.309. The Hall–Kier alpha value is -1.36. The smallest absolute Gasteiger partial charge is 0.306 e. The summed E-state index contributed by atoms with van der Waals surface area (Å²) < 4.78 is 22.3. The zero-order valence-corrected chi connectivity index (χ0v) is 22.3. The molecule has 4 nitrogen and oxygen atoms in total. The molecule has 184 valence electrons. The Kier molecular flexibility index (Phi) is 9.05. The Morgan fingerprint density at radius 2 is 1.79 bits per heavy atom. The third-order valence-corrected chi connectivity index (χ3v) is 7.47. The SMILES string of the molecule is CC(C)(C)OC(=O)CC1CCN(CC(C)(F)C2CCN(C3=C=CC/C=C(/Br)C=C3)CC2)CC1. The van der Waals surface area contributed by atoms with E-state index < -0.39 is 11.3 Å². The van der Waals surface area contributed by atoms with Gasteiger partial charge in [-0.25, -0.2) is 4.39 Å². The third kappa shape index (κ3) is 8.42. The van der Waals surface area contributed by atoms with Crippen molar-refractivity contribution in [2.24, 2.45) is 11.8 Å². The van der Waals surface area contributed by atoms with E-state index in [-0.39, 0.29) is 11.9 Å². The van der Waals surface area contributed by atoms with Gasteiger partial charge in [0.25, 0.3) is 0 Å². The molecule has 3 rings (SSSR count). The molecule has 2 aliphatic heterocycles. The number of esters is 1. The lowest BCUT2D eigenvalue weighted by atomic mass is 9.82. The van der Waals surface area contributed by atoms with E-state index in [1.54, 1.807) is 6.92 Å². The van der Waals surface area contributed by atoms with E-state index in [4.69, 9.17) is 4.74 Å². The molecule has 0 N–H and O–H groups in total. The van der Waals surface area contributed by atoms with Gasteiger partial charge in [-0.3, -0.25) is 4.79 Å².